The molecule has 0 aliphatic heterocycles. The van der Waals surface area contributed by atoms with Gasteiger partial charge in [0.25, 0.3) is 6.43 Å². The lowest BCUT2D eigenvalue weighted by atomic mass is 10.2. The van der Waals surface area contributed by atoms with E-state index in [-0.39, 0.29) is 5.92 Å². The standard InChI is InChI=1S/C9H11BrF3NO/c10-9(13)4-6(9)2-1-3-8(15)14-5-7(11)12/h1,3,6-7H,2,4-5H2,(H,14,15)/b3-1+. The van der Waals surface area contributed by atoms with Gasteiger partial charge in [-0.05, 0) is 34.8 Å². The molecule has 0 bridgehead atoms. The molecule has 2 nitrogen and oxygen atoms in total. The molecular formula is C9H11BrF3NO. The molecule has 1 amide bonds. The Morgan fingerprint density at radius 1 is 1.67 bits per heavy atom. The molecule has 0 aromatic carbocycles. The van der Waals surface area contributed by atoms with Gasteiger partial charge in [-0.25, -0.2) is 13.2 Å². The van der Waals surface area contributed by atoms with E-state index in [0.29, 0.717) is 12.8 Å². The SMILES string of the molecule is O=C(/C=C/CC1CC1(F)Br)NCC(F)F. The molecule has 1 aliphatic carbocycles. The minimum atomic E-state index is -2.55. The van der Waals surface area contributed by atoms with E-state index in [9.17, 15) is 18.0 Å². The Morgan fingerprint density at radius 2 is 2.27 bits per heavy atom. The Balaban J connectivity index is 2.13. The molecule has 1 aliphatic rings. The molecule has 86 valence electrons. The number of allylic oxidation sites excluding steroid dienone is 1. The van der Waals surface area contributed by atoms with Crippen LogP contribution in [0, 0.1) is 5.92 Å². The van der Waals surface area contributed by atoms with Crippen LogP contribution in [-0.2, 0) is 4.79 Å². The van der Waals surface area contributed by atoms with Crippen LogP contribution in [0.25, 0.3) is 0 Å². The molecule has 15 heavy (non-hydrogen) atoms. The van der Waals surface area contributed by atoms with Crippen molar-refractivity contribution in [3.63, 3.8) is 0 Å². The summed E-state index contributed by atoms with van der Waals surface area (Å²) >= 11 is 2.87. The smallest absolute Gasteiger partial charge is 0.255 e. The van der Waals surface area contributed by atoms with E-state index < -0.39 is 23.5 Å². The van der Waals surface area contributed by atoms with Crippen LogP contribution in [-0.4, -0.2) is 23.5 Å². The topological polar surface area (TPSA) is 29.1 Å². The normalized spacial score (nSPS) is 29.8. The zero-order valence-corrected chi connectivity index (χ0v) is 9.44. The van der Waals surface area contributed by atoms with E-state index in [4.69, 9.17) is 0 Å². The minimum absolute atomic E-state index is 0.114. The lowest BCUT2D eigenvalue weighted by molar-refractivity contribution is -0.117. The lowest BCUT2D eigenvalue weighted by Crippen LogP contribution is -2.26. The van der Waals surface area contributed by atoms with Gasteiger partial charge in [-0.1, -0.05) is 6.08 Å². The van der Waals surface area contributed by atoms with Crippen molar-refractivity contribution in [2.45, 2.75) is 23.8 Å². The molecule has 1 N–H and O–H groups in total. The van der Waals surface area contributed by atoms with Crippen molar-refractivity contribution in [1.82, 2.24) is 5.32 Å². The number of halogens is 4. The van der Waals surface area contributed by atoms with Crippen LogP contribution in [0.15, 0.2) is 12.2 Å². The van der Waals surface area contributed by atoms with E-state index >= 15 is 0 Å². The molecule has 2 unspecified atom stereocenters. The third kappa shape index (κ3) is 4.68. The van der Waals surface area contributed by atoms with Crippen molar-refractivity contribution in [3.8, 4) is 0 Å². The molecule has 0 aromatic rings. The zero-order chi connectivity index (χ0) is 11.5. The summed E-state index contributed by atoms with van der Waals surface area (Å²) in [4.78, 5) is 10.9. The summed E-state index contributed by atoms with van der Waals surface area (Å²) in [6, 6.07) is 0. The highest BCUT2D eigenvalue weighted by atomic mass is 79.9. The number of carbonyl (C=O) groups is 1. The number of carbonyl (C=O) groups excluding carboxylic acids is 1. The summed E-state index contributed by atoms with van der Waals surface area (Å²) in [6.45, 7) is -0.655. The van der Waals surface area contributed by atoms with Crippen LogP contribution in [0.4, 0.5) is 13.2 Å². The predicted molar refractivity (Wildman–Crippen MR) is 53.6 cm³/mol. The summed E-state index contributed by atoms with van der Waals surface area (Å²) in [5.41, 5.74) is 0. The van der Waals surface area contributed by atoms with E-state index in [1.165, 1.54) is 6.08 Å². The van der Waals surface area contributed by atoms with Crippen LogP contribution in [0.2, 0.25) is 0 Å². The minimum Gasteiger partial charge on any atom is -0.347 e. The maximum Gasteiger partial charge on any atom is 0.255 e. The first kappa shape index (κ1) is 12.5. The molecule has 0 radical (unpaired) electrons. The van der Waals surface area contributed by atoms with Crippen LogP contribution in [0.1, 0.15) is 12.8 Å². The van der Waals surface area contributed by atoms with Crippen molar-refractivity contribution in [3.05, 3.63) is 12.2 Å². The highest BCUT2D eigenvalue weighted by molar-refractivity contribution is 9.10. The molecule has 1 rings (SSSR count). The van der Waals surface area contributed by atoms with Crippen molar-refractivity contribution >= 4 is 21.8 Å². The average Bonchev–Trinajstić information content (AvgIpc) is 2.71. The fourth-order valence-electron chi connectivity index (χ4n) is 1.10. The number of hydrogen-bond acceptors (Lipinski definition) is 1. The number of amides is 1. The second-order valence-corrected chi connectivity index (χ2v) is 4.75. The van der Waals surface area contributed by atoms with Gasteiger partial charge in [-0.3, -0.25) is 4.79 Å². The van der Waals surface area contributed by atoms with Crippen LogP contribution in [0.5, 0.6) is 0 Å². The Bertz CT molecular complexity index is 268. The van der Waals surface area contributed by atoms with Crippen LogP contribution in [0.3, 0.4) is 0 Å². The van der Waals surface area contributed by atoms with Crippen molar-refractivity contribution in [2.24, 2.45) is 5.92 Å². The van der Waals surface area contributed by atoms with E-state index in [1.54, 1.807) is 0 Å². The highest BCUT2D eigenvalue weighted by Crippen LogP contribution is 2.54. The van der Waals surface area contributed by atoms with Crippen molar-refractivity contribution in [2.75, 3.05) is 6.54 Å². The van der Waals surface area contributed by atoms with Gasteiger partial charge in [0.15, 0.2) is 4.58 Å². The largest absolute Gasteiger partial charge is 0.347 e. The van der Waals surface area contributed by atoms with Crippen molar-refractivity contribution < 1.29 is 18.0 Å². The zero-order valence-electron chi connectivity index (χ0n) is 7.85. The third-order valence-corrected chi connectivity index (χ3v) is 3.05. The predicted octanol–water partition coefficient (Wildman–Crippen LogP) is 2.39. The van der Waals surface area contributed by atoms with E-state index in [2.05, 4.69) is 15.9 Å². The monoisotopic (exact) mass is 285 g/mol. The first-order chi connectivity index (χ1) is 6.92. The van der Waals surface area contributed by atoms with Gasteiger partial charge in [-0.15, -0.1) is 0 Å². The summed E-state index contributed by atoms with van der Waals surface area (Å²) in [7, 11) is 0. The van der Waals surface area contributed by atoms with Crippen LogP contribution < -0.4 is 5.32 Å². The maximum atomic E-state index is 12.9. The van der Waals surface area contributed by atoms with E-state index in [1.807, 2.05) is 5.32 Å². The summed E-state index contributed by atoms with van der Waals surface area (Å²) in [6.07, 6.45) is 0.962. The third-order valence-electron chi connectivity index (χ3n) is 2.08. The van der Waals surface area contributed by atoms with Gasteiger partial charge in [-0.2, -0.15) is 0 Å². The molecule has 2 atom stereocenters. The van der Waals surface area contributed by atoms with E-state index in [0.717, 1.165) is 6.08 Å². The summed E-state index contributed by atoms with van der Waals surface area (Å²) in [5.74, 6) is -0.688. The Kier molecular flexibility index (Phi) is 4.19. The maximum absolute atomic E-state index is 12.9. The van der Waals surface area contributed by atoms with Gasteiger partial charge in [0.1, 0.15) is 0 Å². The molecular weight excluding hydrogens is 275 g/mol. The molecule has 0 saturated heterocycles. The van der Waals surface area contributed by atoms with Crippen LogP contribution >= 0.6 is 15.9 Å². The number of alkyl halides is 4. The second-order valence-electron chi connectivity index (χ2n) is 3.44. The summed E-state index contributed by atoms with van der Waals surface area (Å²) < 4.78 is 35.0. The van der Waals surface area contributed by atoms with Crippen molar-refractivity contribution in [1.29, 1.82) is 0 Å². The Hall–Kier alpha value is -0.520. The van der Waals surface area contributed by atoms with Gasteiger partial charge < -0.3 is 5.32 Å². The van der Waals surface area contributed by atoms with Gasteiger partial charge in [0.05, 0.1) is 6.54 Å². The quantitative estimate of drug-likeness (QED) is 0.610. The Morgan fingerprint density at radius 3 is 2.73 bits per heavy atom. The molecule has 0 heterocycles. The Labute approximate surface area is 94.0 Å². The first-order valence-corrected chi connectivity index (χ1v) is 5.31. The lowest BCUT2D eigenvalue weighted by Gasteiger charge is -1.99. The molecule has 1 fully saturated rings. The molecule has 0 spiro atoms. The highest BCUT2D eigenvalue weighted by Gasteiger charge is 2.52. The first-order valence-electron chi connectivity index (χ1n) is 4.52. The number of rotatable bonds is 5. The second kappa shape index (κ2) is 5.01. The fraction of sp³-hybridized carbons (Fsp3) is 0.667. The molecule has 6 heteroatoms. The number of hydrogen-bond donors (Lipinski definition) is 1. The summed E-state index contributed by atoms with van der Waals surface area (Å²) in [5, 5.41) is 2.02. The fourth-order valence-corrected chi connectivity index (χ4v) is 1.68. The van der Waals surface area contributed by atoms with Gasteiger partial charge in [0.2, 0.25) is 5.91 Å². The molecule has 0 aromatic heterocycles. The van der Waals surface area contributed by atoms with Gasteiger partial charge in [0, 0.05) is 5.92 Å². The average molecular weight is 286 g/mol. The van der Waals surface area contributed by atoms with Gasteiger partial charge >= 0.3 is 0 Å². The molecule has 1 saturated carbocycles. The number of nitrogens with one attached hydrogen (secondary N) is 1.